The van der Waals surface area contributed by atoms with Crippen LogP contribution in [-0.2, 0) is 22.4 Å². The van der Waals surface area contributed by atoms with Crippen LogP contribution >= 0.6 is 0 Å². The minimum absolute atomic E-state index is 0.132. The molecule has 3 N–H and O–H groups in total. The van der Waals surface area contributed by atoms with E-state index in [0.717, 1.165) is 28.1 Å². The number of carbonyl (C=O) groups excluding carboxylic acids is 2. The van der Waals surface area contributed by atoms with Crippen molar-refractivity contribution in [3.8, 4) is 11.1 Å². The molecule has 7 heteroatoms. The number of nitrogens with zero attached hydrogens (tertiary/aromatic N) is 1. The third-order valence-electron chi connectivity index (χ3n) is 6.30. The number of carboxylic acid groups (broad SMARTS) is 1. The van der Waals surface area contributed by atoms with Crippen molar-refractivity contribution < 1.29 is 19.5 Å². The van der Waals surface area contributed by atoms with Crippen molar-refractivity contribution in [3.05, 3.63) is 120 Å². The topological polar surface area (TPSA) is 108 Å². The summed E-state index contributed by atoms with van der Waals surface area (Å²) in [5.41, 5.74) is 3.88. The highest BCUT2D eigenvalue weighted by Gasteiger charge is 2.21. The number of hydrogen-bond donors (Lipinski definition) is 3. The summed E-state index contributed by atoms with van der Waals surface area (Å²) in [7, 11) is 0. The van der Waals surface area contributed by atoms with E-state index in [1.54, 1.807) is 24.4 Å². The van der Waals surface area contributed by atoms with Crippen molar-refractivity contribution in [3.63, 3.8) is 0 Å². The van der Waals surface area contributed by atoms with Crippen molar-refractivity contribution in [1.29, 1.82) is 0 Å². The van der Waals surface area contributed by atoms with Gasteiger partial charge in [0.25, 0.3) is 5.91 Å². The van der Waals surface area contributed by atoms with Crippen molar-refractivity contribution in [2.24, 2.45) is 0 Å². The minimum atomic E-state index is -1.11. The molecule has 0 bridgehead atoms. The largest absolute Gasteiger partial charge is 0.480 e. The molecule has 0 saturated carbocycles. The number of aromatic nitrogens is 1. The first-order valence-corrected chi connectivity index (χ1v) is 12.9. The summed E-state index contributed by atoms with van der Waals surface area (Å²) in [5.74, 6) is -0.628. The molecular weight excluding hydrogens is 490 g/mol. The predicted molar refractivity (Wildman–Crippen MR) is 152 cm³/mol. The quantitative estimate of drug-likeness (QED) is 0.209. The molecule has 7 nitrogen and oxygen atoms in total. The number of Topliss-reactive ketones (excluding diaryl/α,β-unsaturated/α-hetero) is 1. The number of benzene rings is 3. The van der Waals surface area contributed by atoms with E-state index in [1.165, 1.54) is 0 Å². The Balaban J connectivity index is 1.28. The molecule has 0 aliphatic heterocycles. The van der Waals surface area contributed by atoms with Crippen molar-refractivity contribution in [2.75, 3.05) is 11.9 Å². The Morgan fingerprint density at radius 1 is 0.795 bits per heavy atom. The lowest BCUT2D eigenvalue weighted by atomic mass is 10.00. The van der Waals surface area contributed by atoms with Gasteiger partial charge >= 0.3 is 5.97 Å². The summed E-state index contributed by atoms with van der Waals surface area (Å²) in [6.07, 6.45) is 3.34. The van der Waals surface area contributed by atoms with Gasteiger partial charge in [0.05, 0.1) is 0 Å². The number of ketones is 1. The normalized spacial score (nSPS) is 11.4. The van der Waals surface area contributed by atoms with Crippen molar-refractivity contribution in [1.82, 2.24) is 10.3 Å². The van der Waals surface area contributed by atoms with Crippen molar-refractivity contribution in [2.45, 2.75) is 31.7 Å². The summed E-state index contributed by atoms with van der Waals surface area (Å²) in [4.78, 5) is 41.4. The highest BCUT2D eigenvalue weighted by atomic mass is 16.4. The molecule has 0 aliphatic rings. The van der Waals surface area contributed by atoms with Gasteiger partial charge in [-0.05, 0) is 52.9 Å². The van der Waals surface area contributed by atoms with Crippen LogP contribution < -0.4 is 10.6 Å². The van der Waals surface area contributed by atoms with Crippen LogP contribution in [0.5, 0.6) is 0 Å². The van der Waals surface area contributed by atoms with Gasteiger partial charge in [-0.25, -0.2) is 9.78 Å². The van der Waals surface area contributed by atoms with E-state index in [9.17, 15) is 19.5 Å². The van der Waals surface area contributed by atoms with Crippen LogP contribution in [0.3, 0.4) is 0 Å². The number of rotatable bonds is 13. The maximum absolute atomic E-state index is 12.9. The zero-order valence-electron chi connectivity index (χ0n) is 21.5. The van der Waals surface area contributed by atoms with E-state index in [2.05, 4.69) is 15.6 Å². The lowest BCUT2D eigenvalue weighted by Gasteiger charge is -2.15. The molecule has 0 radical (unpaired) electrons. The first kappa shape index (κ1) is 27.3. The molecule has 1 heterocycles. The minimum Gasteiger partial charge on any atom is -0.480 e. The molecule has 1 atom stereocenters. The van der Waals surface area contributed by atoms with Gasteiger partial charge in [0.1, 0.15) is 17.6 Å². The first-order chi connectivity index (χ1) is 19.0. The molecule has 4 rings (SSSR count). The Hall–Kier alpha value is -4.78. The van der Waals surface area contributed by atoms with Crippen LogP contribution in [-0.4, -0.2) is 40.3 Å². The predicted octanol–water partition coefficient (Wildman–Crippen LogP) is 5.18. The summed E-state index contributed by atoms with van der Waals surface area (Å²) < 4.78 is 0. The number of pyridine rings is 1. The molecule has 4 aromatic rings. The molecule has 0 spiro atoms. The Kier molecular flexibility index (Phi) is 9.56. The monoisotopic (exact) mass is 521 g/mol. The zero-order chi connectivity index (χ0) is 27.5. The summed E-state index contributed by atoms with van der Waals surface area (Å²) in [6, 6.07) is 28.6. The van der Waals surface area contributed by atoms with Crippen LogP contribution in [0, 0.1) is 0 Å². The second kappa shape index (κ2) is 13.7. The van der Waals surface area contributed by atoms with Gasteiger partial charge in [0.2, 0.25) is 0 Å². The number of carboxylic acids is 1. The molecule has 1 amide bonds. The Labute approximate surface area is 227 Å². The molecule has 0 unspecified atom stereocenters. The highest BCUT2D eigenvalue weighted by Crippen LogP contribution is 2.20. The third kappa shape index (κ3) is 8.36. The molecule has 1 aromatic heterocycles. The molecular formula is C32H31N3O4. The maximum Gasteiger partial charge on any atom is 0.326 e. The van der Waals surface area contributed by atoms with E-state index in [0.29, 0.717) is 31.4 Å². The fourth-order valence-electron chi connectivity index (χ4n) is 4.23. The third-order valence-corrected chi connectivity index (χ3v) is 6.30. The fourth-order valence-corrected chi connectivity index (χ4v) is 4.23. The number of hydrogen-bond acceptors (Lipinski definition) is 5. The molecule has 0 fully saturated rings. The molecule has 39 heavy (non-hydrogen) atoms. The number of carbonyl (C=O) groups is 3. The van der Waals surface area contributed by atoms with E-state index < -0.39 is 17.9 Å². The van der Waals surface area contributed by atoms with Gasteiger partial charge in [0, 0.05) is 37.6 Å². The molecule has 0 saturated heterocycles. The summed E-state index contributed by atoms with van der Waals surface area (Å²) >= 11 is 0. The molecule has 198 valence electrons. The number of amides is 1. The van der Waals surface area contributed by atoms with E-state index >= 15 is 0 Å². The van der Waals surface area contributed by atoms with Gasteiger partial charge < -0.3 is 15.7 Å². The van der Waals surface area contributed by atoms with Gasteiger partial charge in [0.15, 0.2) is 0 Å². The van der Waals surface area contributed by atoms with Gasteiger partial charge in [-0.3, -0.25) is 9.59 Å². The lowest BCUT2D eigenvalue weighted by molar-refractivity contribution is -0.139. The van der Waals surface area contributed by atoms with Crippen LogP contribution in [0.4, 0.5) is 5.82 Å². The number of aliphatic carboxylic acids is 1. The maximum atomic E-state index is 12.9. The summed E-state index contributed by atoms with van der Waals surface area (Å²) in [6.45, 7) is 0.667. The van der Waals surface area contributed by atoms with E-state index in [-0.39, 0.29) is 12.2 Å². The number of anilines is 1. The van der Waals surface area contributed by atoms with Crippen LogP contribution in [0.1, 0.15) is 34.3 Å². The van der Waals surface area contributed by atoms with Crippen molar-refractivity contribution >= 4 is 23.5 Å². The van der Waals surface area contributed by atoms with Crippen LogP contribution in [0.25, 0.3) is 11.1 Å². The van der Waals surface area contributed by atoms with Gasteiger partial charge in [-0.1, -0.05) is 72.8 Å². The molecule has 3 aromatic carbocycles. The number of nitrogens with one attached hydrogen (secondary N) is 2. The van der Waals surface area contributed by atoms with Crippen LogP contribution in [0.15, 0.2) is 103 Å². The highest BCUT2D eigenvalue weighted by molar-refractivity contribution is 5.97. The van der Waals surface area contributed by atoms with E-state index in [1.807, 2.05) is 78.9 Å². The van der Waals surface area contributed by atoms with Gasteiger partial charge in [-0.15, -0.1) is 0 Å². The zero-order valence-corrected chi connectivity index (χ0v) is 21.5. The second-order valence-electron chi connectivity index (χ2n) is 9.29. The van der Waals surface area contributed by atoms with E-state index in [4.69, 9.17) is 0 Å². The average Bonchev–Trinajstić information content (AvgIpc) is 2.97. The smallest absolute Gasteiger partial charge is 0.326 e. The fraction of sp³-hybridized carbons (Fsp3) is 0.188. The standard InChI is InChI=1S/C32H31N3O4/c36-28(12-7-19-34-30-13-4-5-18-33-30)20-23-14-16-24(17-15-23)21-29(32(38)39)35-31(37)27-11-6-10-26(22-27)25-8-2-1-3-9-25/h1-6,8-11,13-18,22,29H,7,12,19-21H2,(H,33,34)(H,35,37)(H,38,39)/t29-/m0/s1. The lowest BCUT2D eigenvalue weighted by Crippen LogP contribution is -2.42. The Morgan fingerprint density at radius 3 is 2.23 bits per heavy atom. The second-order valence-corrected chi connectivity index (χ2v) is 9.29. The molecule has 0 aliphatic carbocycles. The van der Waals surface area contributed by atoms with Gasteiger partial charge in [-0.2, -0.15) is 0 Å². The average molecular weight is 522 g/mol. The summed E-state index contributed by atoms with van der Waals surface area (Å²) in [5, 5.41) is 15.6. The SMILES string of the molecule is O=C(CCCNc1ccccn1)Cc1ccc(C[C@H](NC(=O)c2cccc(-c3ccccc3)c2)C(=O)O)cc1. The van der Waals surface area contributed by atoms with Crippen LogP contribution in [0.2, 0.25) is 0 Å². The Morgan fingerprint density at radius 2 is 1.51 bits per heavy atom. The Bertz CT molecular complexity index is 1390. The first-order valence-electron chi connectivity index (χ1n) is 12.9.